The third-order valence-electron chi connectivity index (χ3n) is 3.86. The molecule has 0 aliphatic rings. The predicted molar refractivity (Wildman–Crippen MR) is 99.3 cm³/mol. The number of hydrogen-bond donors (Lipinski definition) is 2. The molecule has 3 N–H and O–H groups in total. The Bertz CT molecular complexity index is 1090. The van der Waals surface area contributed by atoms with E-state index in [1.807, 2.05) is 12.1 Å². The molecule has 0 radical (unpaired) electrons. The van der Waals surface area contributed by atoms with Gasteiger partial charge in [0.25, 0.3) is 5.56 Å². The lowest BCUT2D eigenvalue weighted by atomic mass is 10.1. The van der Waals surface area contributed by atoms with Gasteiger partial charge in [-0.1, -0.05) is 29.8 Å². The molecule has 3 aromatic rings. The average molecular weight is 371 g/mol. The Morgan fingerprint density at radius 3 is 2.54 bits per heavy atom. The van der Waals surface area contributed by atoms with Crippen molar-refractivity contribution in [3.63, 3.8) is 0 Å². The molecule has 0 saturated heterocycles. The summed E-state index contributed by atoms with van der Waals surface area (Å²) >= 11 is 5.96. The monoisotopic (exact) mass is 370 g/mol. The van der Waals surface area contributed by atoms with Crippen LogP contribution in [0.15, 0.2) is 47.3 Å². The van der Waals surface area contributed by atoms with Crippen LogP contribution >= 0.6 is 11.6 Å². The number of nitrogens with one attached hydrogen (secondary N) is 1. The molecule has 0 aliphatic heterocycles. The molecule has 132 valence electrons. The average Bonchev–Trinajstić information content (AvgIpc) is 2.59. The Balaban J connectivity index is 1.84. The van der Waals surface area contributed by atoms with Crippen LogP contribution < -0.4 is 16.6 Å². The molecule has 0 bridgehead atoms. The molecule has 26 heavy (non-hydrogen) atoms. The molecule has 0 aliphatic carbocycles. The van der Waals surface area contributed by atoms with E-state index in [-0.39, 0.29) is 22.7 Å². The van der Waals surface area contributed by atoms with Gasteiger partial charge in [0.15, 0.2) is 0 Å². The molecule has 0 fully saturated rings. The summed E-state index contributed by atoms with van der Waals surface area (Å²) in [6.45, 7) is 1.53. The fraction of sp³-hybridized carbons (Fsp3) is 0.111. The summed E-state index contributed by atoms with van der Waals surface area (Å²) in [5.74, 6) is -1.10. The quantitative estimate of drug-likeness (QED) is 0.733. The molecule has 3 rings (SSSR count). The van der Waals surface area contributed by atoms with E-state index in [1.54, 1.807) is 19.1 Å². The van der Waals surface area contributed by atoms with Gasteiger partial charge in [0.1, 0.15) is 6.54 Å². The van der Waals surface area contributed by atoms with Crippen molar-refractivity contribution < 1.29 is 9.59 Å². The minimum atomic E-state index is -0.657. The first-order chi connectivity index (χ1) is 12.4. The number of primary amides is 1. The van der Waals surface area contributed by atoms with E-state index >= 15 is 0 Å². The van der Waals surface area contributed by atoms with Gasteiger partial charge >= 0.3 is 0 Å². The minimum Gasteiger partial charge on any atom is -0.366 e. The van der Waals surface area contributed by atoms with E-state index in [4.69, 9.17) is 17.3 Å². The molecule has 1 heterocycles. The summed E-state index contributed by atoms with van der Waals surface area (Å²) < 4.78 is 1.12. The maximum atomic E-state index is 12.5. The standard InChI is InChI=1S/C18H15ClN4O3/c1-10-12-4-2-3-5-13(12)18(26)23(22-10)9-16(24)21-11-6-7-14(17(20)25)15(19)8-11/h2-8H,9H2,1H3,(H2,20,25)(H,21,24). The third-order valence-corrected chi connectivity index (χ3v) is 4.18. The van der Waals surface area contributed by atoms with Crippen molar-refractivity contribution in [3.05, 3.63) is 69.1 Å². The summed E-state index contributed by atoms with van der Waals surface area (Å²) in [6, 6.07) is 11.4. The highest BCUT2D eigenvalue weighted by molar-refractivity contribution is 6.34. The molecular weight excluding hydrogens is 356 g/mol. The van der Waals surface area contributed by atoms with E-state index in [9.17, 15) is 14.4 Å². The fourth-order valence-corrected chi connectivity index (χ4v) is 2.91. The maximum Gasteiger partial charge on any atom is 0.275 e. The molecular formula is C18H15ClN4O3. The molecule has 2 amide bonds. The molecule has 0 unspecified atom stereocenters. The zero-order valence-corrected chi connectivity index (χ0v) is 14.6. The zero-order chi connectivity index (χ0) is 18.8. The zero-order valence-electron chi connectivity index (χ0n) is 13.8. The highest BCUT2D eigenvalue weighted by Gasteiger charge is 2.12. The van der Waals surface area contributed by atoms with Crippen LogP contribution in [-0.2, 0) is 11.3 Å². The van der Waals surface area contributed by atoms with Crippen LogP contribution in [0.2, 0.25) is 5.02 Å². The van der Waals surface area contributed by atoms with Crippen molar-refractivity contribution in [2.24, 2.45) is 5.73 Å². The number of fused-ring (bicyclic) bond motifs is 1. The fourth-order valence-electron chi connectivity index (χ4n) is 2.64. The van der Waals surface area contributed by atoms with Crippen LogP contribution in [0.5, 0.6) is 0 Å². The Hall–Kier alpha value is -3.19. The Kier molecular flexibility index (Phi) is 4.73. The molecule has 2 aromatic carbocycles. The molecule has 1 aromatic heterocycles. The number of nitrogens with zero attached hydrogens (tertiary/aromatic N) is 2. The Labute approximate surface area is 153 Å². The number of aryl methyl sites for hydroxylation is 1. The first kappa shape index (κ1) is 17.6. The molecule has 0 atom stereocenters. The second-order valence-electron chi connectivity index (χ2n) is 5.70. The van der Waals surface area contributed by atoms with Gasteiger partial charge in [-0.2, -0.15) is 5.10 Å². The predicted octanol–water partition coefficient (Wildman–Crippen LogP) is 2.10. The highest BCUT2D eigenvalue weighted by Crippen LogP contribution is 2.20. The van der Waals surface area contributed by atoms with Crippen LogP contribution in [-0.4, -0.2) is 21.6 Å². The number of carbonyl (C=O) groups is 2. The van der Waals surface area contributed by atoms with E-state index in [2.05, 4.69) is 10.4 Å². The number of anilines is 1. The second kappa shape index (κ2) is 6.97. The third kappa shape index (κ3) is 3.43. The van der Waals surface area contributed by atoms with Gasteiger partial charge in [-0.05, 0) is 31.2 Å². The normalized spacial score (nSPS) is 10.7. The number of nitrogens with two attached hydrogens (primary N) is 1. The van der Waals surface area contributed by atoms with Crippen molar-refractivity contribution in [3.8, 4) is 0 Å². The van der Waals surface area contributed by atoms with Crippen LogP contribution in [0.1, 0.15) is 16.1 Å². The number of amides is 2. The highest BCUT2D eigenvalue weighted by atomic mass is 35.5. The molecule has 0 saturated carbocycles. The summed E-state index contributed by atoms with van der Waals surface area (Å²) in [4.78, 5) is 35.9. The number of benzene rings is 2. The van der Waals surface area contributed by atoms with Crippen molar-refractivity contribution in [1.29, 1.82) is 0 Å². The van der Waals surface area contributed by atoms with Gasteiger partial charge in [-0.25, -0.2) is 4.68 Å². The molecule has 0 spiro atoms. The minimum absolute atomic E-state index is 0.132. The van der Waals surface area contributed by atoms with Crippen molar-refractivity contribution >= 4 is 39.9 Å². The number of hydrogen-bond acceptors (Lipinski definition) is 4. The maximum absolute atomic E-state index is 12.5. The van der Waals surface area contributed by atoms with E-state index in [0.29, 0.717) is 16.8 Å². The second-order valence-corrected chi connectivity index (χ2v) is 6.11. The number of carbonyl (C=O) groups excluding carboxylic acids is 2. The SMILES string of the molecule is Cc1nn(CC(=O)Nc2ccc(C(N)=O)c(Cl)c2)c(=O)c2ccccc12. The number of rotatable bonds is 4. The van der Waals surface area contributed by atoms with Crippen molar-refractivity contribution in [2.45, 2.75) is 13.5 Å². The largest absolute Gasteiger partial charge is 0.366 e. The van der Waals surface area contributed by atoms with Crippen molar-refractivity contribution in [1.82, 2.24) is 9.78 Å². The number of halogens is 1. The van der Waals surface area contributed by atoms with Gasteiger partial charge in [0.05, 0.1) is 21.7 Å². The lowest BCUT2D eigenvalue weighted by molar-refractivity contribution is -0.117. The lowest BCUT2D eigenvalue weighted by Gasteiger charge is -2.10. The van der Waals surface area contributed by atoms with E-state index in [0.717, 1.165) is 10.1 Å². The topological polar surface area (TPSA) is 107 Å². The van der Waals surface area contributed by atoms with Crippen LogP contribution in [0, 0.1) is 6.92 Å². The van der Waals surface area contributed by atoms with Gasteiger partial charge in [-0.15, -0.1) is 0 Å². The van der Waals surface area contributed by atoms with Crippen molar-refractivity contribution in [2.75, 3.05) is 5.32 Å². The van der Waals surface area contributed by atoms with Crippen LogP contribution in [0.4, 0.5) is 5.69 Å². The smallest absolute Gasteiger partial charge is 0.275 e. The van der Waals surface area contributed by atoms with Gasteiger partial charge < -0.3 is 11.1 Å². The first-order valence-electron chi connectivity index (χ1n) is 7.72. The Morgan fingerprint density at radius 2 is 1.88 bits per heavy atom. The van der Waals surface area contributed by atoms with Gasteiger partial charge in [0, 0.05) is 11.1 Å². The summed E-state index contributed by atoms with van der Waals surface area (Å²) in [5, 5.41) is 8.20. The summed E-state index contributed by atoms with van der Waals surface area (Å²) in [6.07, 6.45) is 0. The van der Waals surface area contributed by atoms with Crippen LogP contribution in [0.25, 0.3) is 10.8 Å². The molecule has 8 heteroatoms. The summed E-state index contributed by atoms with van der Waals surface area (Å²) in [7, 11) is 0. The van der Waals surface area contributed by atoms with Gasteiger partial charge in [0.2, 0.25) is 11.8 Å². The summed E-state index contributed by atoms with van der Waals surface area (Å²) in [5.41, 5.74) is 6.04. The Morgan fingerprint density at radius 1 is 1.19 bits per heavy atom. The van der Waals surface area contributed by atoms with E-state index < -0.39 is 11.8 Å². The van der Waals surface area contributed by atoms with Gasteiger partial charge in [-0.3, -0.25) is 14.4 Å². The molecule has 7 nitrogen and oxygen atoms in total. The lowest BCUT2D eigenvalue weighted by Crippen LogP contribution is -2.30. The number of aromatic nitrogens is 2. The van der Waals surface area contributed by atoms with E-state index in [1.165, 1.54) is 18.2 Å². The first-order valence-corrected chi connectivity index (χ1v) is 8.10. The van der Waals surface area contributed by atoms with Crippen LogP contribution in [0.3, 0.4) is 0 Å².